The van der Waals surface area contributed by atoms with Gasteiger partial charge in [0.15, 0.2) is 5.69 Å². The van der Waals surface area contributed by atoms with Gasteiger partial charge in [-0.1, -0.05) is 31.0 Å². The Morgan fingerprint density at radius 2 is 2.05 bits per heavy atom. The first-order valence-corrected chi connectivity index (χ1v) is 6.51. The number of fused-ring (bicyclic) bond motifs is 1. The Balaban J connectivity index is 1.84. The maximum atomic E-state index is 12.1. The normalized spacial score (nSPS) is 14.5. The zero-order valence-electron chi connectivity index (χ0n) is 10.5. The van der Waals surface area contributed by atoms with Crippen molar-refractivity contribution in [3.05, 3.63) is 40.3 Å². The predicted molar refractivity (Wildman–Crippen MR) is 72.0 cm³/mol. The highest BCUT2D eigenvalue weighted by molar-refractivity contribution is 6.04. The third-order valence-electron chi connectivity index (χ3n) is 3.45. The third-order valence-corrected chi connectivity index (χ3v) is 3.45. The highest BCUT2D eigenvalue weighted by atomic mass is 16.2. The van der Waals surface area contributed by atoms with Gasteiger partial charge in [-0.05, 0) is 18.4 Å². The summed E-state index contributed by atoms with van der Waals surface area (Å²) in [6, 6.07) is 7.00. The first-order valence-electron chi connectivity index (χ1n) is 6.51. The molecule has 0 saturated heterocycles. The van der Waals surface area contributed by atoms with E-state index in [2.05, 4.69) is 15.5 Å². The summed E-state index contributed by atoms with van der Waals surface area (Å²) in [4.78, 5) is 23.7. The average molecular weight is 257 g/mol. The van der Waals surface area contributed by atoms with Crippen LogP contribution in [0.3, 0.4) is 0 Å². The lowest BCUT2D eigenvalue weighted by Crippen LogP contribution is -2.27. The SMILES string of the molecule is O=C(NCCC1CC1)c1n[nH]c(=O)c2ccccc12. The van der Waals surface area contributed by atoms with Crippen LogP contribution in [-0.4, -0.2) is 22.6 Å². The fourth-order valence-corrected chi connectivity index (χ4v) is 2.17. The standard InChI is InChI=1S/C14H15N3O2/c18-13-11-4-2-1-3-10(11)12(16-17-13)14(19)15-8-7-9-5-6-9/h1-4,9H,5-8H2,(H,15,19)(H,17,18). The fourth-order valence-electron chi connectivity index (χ4n) is 2.17. The molecule has 19 heavy (non-hydrogen) atoms. The van der Waals surface area contributed by atoms with Crippen molar-refractivity contribution in [3.8, 4) is 0 Å². The summed E-state index contributed by atoms with van der Waals surface area (Å²) in [5.74, 6) is 0.550. The van der Waals surface area contributed by atoms with E-state index in [4.69, 9.17) is 0 Å². The molecule has 5 heteroatoms. The Hall–Kier alpha value is -2.17. The summed E-state index contributed by atoms with van der Waals surface area (Å²) in [6.07, 6.45) is 3.57. The lowest BCUT2D eigenvalue weighted by Gasteiger charge is -2.06. The number of carbonyl (C=O) groups excluding carboxylic acids is 1. The zero-order valence-corrected chi connectivity index (χ0v) is 10.5. The van der Waals surface area contributed by atoms with E-state index in [1.807, 2.05) is 0 Å². The molecule has 0 unspecified atom stereocenters. The van der Waals surface area contributed by atoms with E-state index >= 15 is 0 Å². The lowest BCUT2D eigenvalue weighted by atomic mass is 10.1. The van der Waals surface area contributed by atoms with Crippen molar-refractivity contribution in [1.82, 2.24) is 15.5 Å². The van der Waals surface area contributed by atoms with E-state index < -0.39 is 0 Å². The highest BCUT2D eigenvalue weighted by Crippen LogP contribution is 2.31. The molecule has 2 N–H and O–H groups in total. The van der Waals surface area contributed by atoms with Gasteiger partial charge < -0.3 is 5.32 Å². The van der Waals surface area contributed by atoms with E-state index in [0.717, 1.165) is 12.3 Å². The summed E-state index contributed by atoms with van der Waals surface area (Å²) in [5.41, 5.74) is 0.0103. The van der Waals surface area contributed by atoms with Crippen molar-refractivity contribution in [1.29, 1.82) is 0 Å². The second kappa shape index (κ2) is 4.84. The van der Waals surface area contributed by atoms with Gasteiger partial charge in [-0.3, -0.25) is 9.59 Å². The van der Waals surface area contributed by atoms with E-state index in [9.17, 15) is 9.59 Å². The molecule has 1 aromatic heterocycles. The van der Waals surface area contributed by atoms with Gasteiger partial charge in [0, 0.05) is 11.9 Å². The van der Waals surface area contributed by atoms with Crippen LogP contribution in [0.4, 0.5) is 0 Å². The molecule has 1 fully saturated rings. The molecule has 0 radical (unpaired) electrons. The molecule has 1 aliphatic carbocycles. The van der Waals surface area contributed by atoms with Crippen molar-refractivity contribution in [2.45, 2.75) is 19.3 Å². The highest BCUT2D eigenvalue weighted by Gasteiger charge is 2.21. The van der Waals surface area contributed by atoms with Crippen LogP contribution < -0.4 is 10.9 Å². The lowest BCUT2D eigenvalue weighted by molar-refractivity contribution is 0.0948. The third kappa shape index (κ3) is 2.50. The number of nitrogens with one attached hydrogen (secondary N) is 2. The number of carbonyl (C=O) groups is 1. The average Bonchev–Trinajstić information content (AvgIpc) is 3.23. The van der Waals surface area contributed by atoms with E-state index in [1.165, 1.54) is 12.8 Å². The Labute approximate surface area is 110 Å². The molecular formula is C14H15N3O2. The maximum absolute atomic E-state index is 12.1. The molecule has 0 spiro atoms. The molecule has 98 valence electrons. The molecule has 0 atom stereocenters. The van der Waals surface area contributed by atoms with Crippen LogP contribution in [0.15, 0.2) is 29.1 Å². The molecule has 1 saturated carbocycles. The summed E-state index contributed by atoms with van der Waals surface area (Å²) in [5, 5.41) is 10.2. The van der Waals surface area contributed by atoms with Crippen molar-refractivity contribution < 1.29 is 4.79 Å². The number of hydrogen-bond acceptors (Lipinski definition) is 3. The largest absolute Gasteiger partial charge is 0.351 e. The number of H-pyrrole nitrogens is 1. The minimum Gasteiger partial charge on any atom is -0.351 e. The van der Waals surface area contributed by atoms with Crippen molar-refractivity contribution in [2.75, 3.05) is 6.54 Å². The molecule has 2 aromatic rings. The minimum atomic E-state index is -0.273. The Bertz CT molecular complexity index is 674. The number of nitrogens with zero attached hydrogens (tertiary/aromatic N) is 1. The quantitative estimate of drug-likeness (QED) is 0.870. The second-order valence-corrected chi connectivity index (χ2v) is 4.93. The van der Waals surface area contributed by atoms with Gasteiger partial charge in [-0.2, -0.15) is 5.10 Å². The second-order valence-electron chi connectivity index (χ2n) is 4.93. The molecule has 0 aliphatic heterocycles. The van der Waals surface area contributed by atoms with Gasteiger partial charge in [0.25, 0.3) is 11.5 Å². The number of aromatic nitrogens is 2. The van der Waals surface area contributed by atoms with Crippen LogP contribution in [0.2, 0.25) is 0 Å². The van der Waals surface area contributed by atoms with E-state index in [1.54, 1.807) is 24.3 Å². The molecular weight excluding hydrogens is 242 g/mol. The van der Waals surface area contributed by atoms with Crippen LogP contribution in [-0.2, 0) is 0 Å². The molecule has 3 rings (SSSR count). The van der Waals surface area contributed by atoms with Crippen LogP contribution >= 0.6 is 0 Å². The predicted octanol–water partition coefficient (Wildman–Crippen LogP) is 1.45. The summed E-state index contributed by atoms with van der Waals surface area (Å²) >= 11 is 0. The van der Waals surface area contributed by atoms with Crippen molar-refractivity contribution in [2.24, 2.45) is 5.92 Å². The summed E-state index contributed by atoms with van der Waals surface area (Å²) in [7, 11) is 0. The van der Waals surface area contributed by atoms with Crippen molar-refractivity contribution in [3.63, 3.8) is 0 Å². The van der Waals surface area contributed by atoms with Crippen molar-refractivity contribution >= 4 is 16.7 Å². The molecule has 5 nitrogen and oxygen atoms in total. The number of hydrogen-bond donors (Lipinski definition) is 2. The van der Waals surface area contributed by atoms with Gasteiger partial charge in [-0.15, -0.1) is 0 Å². The number of rotatable bonds is 4. The smallest absolute Gasteiger partial charge is 0.272 e. The Kier molecular flexibility index (Phi) is 3.03. The van der Waals surface area contributed by atoms with Gasteiger partial charge in [0.1, 0.15) is 0 Å². The van der Waals surface area contributed by atoms with Crippen LogP contribution in [0.1, 0.15) is 29.8 Å². The van der Waals surface area contributed by atoms with Crippen LogP contribution in [0, 0.1) is 5.92 Å². The van der Waals surface area contributed by atoms with Crippen LogP contribution in [0.5, 0.6) is 0 Å². The molecule has 1 aliphatic rings. The topological polar surface area (TPSA) is 74.8 Å². The van der Waals surface area contributed by atoms with E-state index in [0.29, 0.717) is 17.3 Å². The van der Waals surface area contributed by atoms with Gasteiger partial charge >= 0.3 is 0 Å². The van der Waals surface area contributed by atoms with Gasteiger partial charge in [0.05, 0.1) is 5.39 Å². The molecule has 1 heterocycles. The zero-order chi connectivity index (χ0) is 13.2. The minimum absolute atomic E-state index is 0.229. The summed E-state index contributed by atoms with van der Waals surface area (Å²) < 4.78 is 0. The number of amides is 1. The molecule has 1 amide bonds. The number of benzene rings is 1. The molecule has 1 aromatic carbocycles. The first-order chi connectivity index (χ1) is 9.25. The Morgan fingerprint density at radius 3 is 2.79 bits per heavy atom. The fraction of sp³-hybridized carbons (Fsp3) is 0.357. The van der Waals surface area contributed by atoms with E-state index in [-0.39, 0.29) is 17.2 Å². The number of aromatic amines is 1. The Morgan fingerprint density at radius 1 is 1.32 bits per heavy atom. The maximum Gasteiger partial charge on any atom is 0.272 e. The van der Waals surface area contributed by atoms with Gasteiger partial charge in [0.2, 0.25) is 0 Å². The van der Waals surface area contributed by atoms with Gasteiger partial charge in [-0.25, -0.2) is 5.10 Å². The monoisotopic (exact) mass is 257 g/mol. The molecule has 0 bridgehead atoms. The summed E-state index contributed by atoms with van der Waals surface area (Å²) in [6.45, 7) is 0.665. The van der Waals surface area contributed by atoms with Crippen LogP contribution in [0.25, 0.3) is 10.8 Å². The first kappa shape index (κ1) is 11.9.